The number of carbonyl (C=O) groups excluding carboxylic acids is 3. The van der Waals surface area contributed by atoms with Crippen LogP contribution < -0.4 is 34.7 Å². The first kappa shape index (κ1) is 19.7. The molecular weight excluding hydrogens is 311 g/mol. The van der Waals surface area contributed by atoms with E-state index in [1.54, 1.807) is 19.1 Å². The Morgan fingerprint density at radius 3 is 2.70 bits per heavy atom. The number of aliphatic carboxylic acids is 1. The van der Waals surface area contributed by atoms with E-state index >= 15 is 0 Å². The molecule has 0 N–H and O–H groups in total. The van der Waals surface area contributed by atoms with Crippen molar-refractivity contribution in [2.45, 2.75) is 44.8 Å². The molecule has 0 saturated heterocycles. The van der Waals surface area contributed by atoms with Crippen LogP contribution in [0.4, 0.5) is 0 Å². The summed E-state index contributed by atoms with van der Waals surface area (Å²) in [5.41, 5.74) is 1.43. The summed E-state index contributed by atoms with van der Waals surface area (Å²) in [5, 5.41) is 10.3. The summed E-state index contributed by atoms with van der Waals surface area (Å²) in [6, 6.07) is 7.20. The van der Waals surface area contributed by atoms with Gasteiger partial charge in [-0.05, 0) is 32.3 Å². The molecule has 0 aliphatic carbocycles. The van der Waals surface area contributed by atoms with Crippen molar-refractivity contribution in [2.75, 3.05) is 0 Å². The number of hydrogen-bond donors (Lipinski definition) is 0. The molecule has 0 amide bonds. The zero-order valence-corrected chi connectivity index (χ0v) is 15.2. The third-order valence-electron chi connectivity index (χ3n) is 3.48. The van der Waals surface area contributed by atoms with Crippen molar-refractivity contribution in [3.63, 3.8) is 0 Å². The number of carbonyl (C=O) groups is 3. The molecule has 0 fully saturated rings. The fraction of sp³-hybridized carbons (Fsp3) is 0.438. The number of carboxylic acid groups (broad SMARTS) is 1. The van der Waals surface area contributed by atoms with E-state index in [1.165, 1.54) is 0 Å². The Kier molecular flexibility index (Phi) is 7.75. The Balaban J connectivity index is 0.00000264. The minimum Gasteiger partial charge on any atom is -0.550 e. The van der Waals surface area contributed by atoms with Gasteiger partial charge in [-0.2, -0.15) is 0 Å². The summed E-state index contributed by atoms with van der Waals surface area (Å²) in [4.78, 5) is 33.4. The smallest absolute Gasteiger partial charge is 0.550 e. The quantitative estimate of drug-likeness (QED) is 0.431. The van der Waals surface area contributed by atoms with Gasteiger partial charge in [0, 0.05) is 11.5 Å². The van der Waals surface area contributed by atoms with Crippen LogP contribution in [0, 0.1) is 0 Å². The SMILES string of the molecule is CC(CC[C@@H]1OC(=O)c2ccccc21)OC(=O)CCC(=O)[O-].[Na+]. The second-order valence-electron chi connectivity index (χ2n) is 5.23. The molecule has 1 aromatic rings. The van der Waals surface area contributed by atoms with Crippen LogP contribution in [-0.2, 0) is 19.1 Å². The topological polar surface area (TPSA) is 92.7 Å². The van der Waals surface area contributed by atoms with Crippen LogP contribution in [0.3, 0.4) is 0 Å². The van der Waals surface area contributed by atoms with Gasteiger partial charge in [-0.15, -0.1) is 0 Å². The third kappa shape index (κ3) is 5.64. The van der Waals surface area contributed by atoms with Crippen LogP contribution in [0.1, 0.15) is 54.6 Å². The van der Waals surface area contributed by atoms with Crippen molar-refractivity contribution in [1.29, 1.82) is 0 Å². The molecular formula is C16H17NaO6. The number of cyclic esters (lactones) is 1. The van der Waals surface area contributed by atoms with Crippen molar-refractivity contribution in [1.82, 2.24) is 0 Å². The van der Waals surface area contributed by atoms with Crippen LogP contribution in [-0.4, -0.2) is 24.0 Å². The molecule has 0 aromatic heterocycles. The fourth-order valence-corrected chi connectivity index (χ4v) is 2.37. The number of rotatable bonds is 7. The number of hydrogen-bond acceptors (Lipinski definition) is 6. The number of fused-ring (bicyclic) bond motifs is 1. The van der Waals surface area contributed by atoms with Crippen molar-refractivity contribution >= 4 is 17.9 Å². The first-order valence-electron chi connectivity index (χ1n) is 7.16. The van der Waals surface area contributed by atoms with Crippen LogP contribution in [0.5, 0.6) is 0 Å². The van der Waals surface area contributed by atoms with E-state index in [1.807, 2.05) is 12.1 Å². The molecule has 1 aliphatic rings. The zero-order chi connectivity index (χ0) is 16.1. The predicted molar refractivity (Wildman–Crippen MR) is 73.6 cm³/mol. The van der Waals surface area contributed by atoms with E-state index < -0.39 is 11.9 Å². The average molecular weight is 328 g/mol. The summed E-state index contributed by atoms with van der Waals surface area (Å²) in [7, 11) is 0. The molecule has 0 spiro atoms. The van der Waals surface area contributed by atoms with Crippen molar-refractivity contribution in [2.24, 2.45) is 0 Å². The number of carboxylic acids is 1. The third-order valence-corrected chi connectivity index (χ3v) is 3.48. The van der Waals surface area contributed by atoms with Crippen LogP contribution in [0.15, 0.2) is 24.3 Å². The van der Waals surface area contributed by atoms with Crippen LogP contribution in [0.2, 0.25) is 0 Å². The van der Waals surface area contributed by atoms with E-state index in [0.29, 0.717) is 18.4 Å². The van der Waals surface area contributed by atoms with Crippen LogP contribution >= 0.6 is 0 Å². The largest absolute Gasteiger partial charge is 1.00 e. The minimum absolute atomic E-state index is 0. The molecule has 1 aliphatic heterocycles. The molecule has 6 nitrogen and oxygen atoms in total. The zero-order valence-electron chi connectivity index (χ0n) is 13.2. The van der Waals surface area contributed by atoms with Gasteiger partial charge in [0.2, 0.25) is 0 Å². The second-order valence-corrected chi connectivity index (χ2v) is 5.23. The van der Waals surface area contributed by atoms with Gasteiger partial charge in [0.15, 0.2) is 0 Å². The second kappa shape index (κ2) is 9.05. The Morgan fingerprint density at radius 2 is 2.00 bits per heavy atom. The van der Waals surface area contributed by atoms with Gasteiger partial charge in [-0.3, -0.25) is 4.79 Å². The molecule has 2 rings (SSSR count). The van der Waals surface area contributed by atoms with Gasteiger partial charge in [0.1, 0.15) is 6.10 Å². The Bertz CT molecular complexity index is 586. The van der Waals surface area contributed by atoms with E-state index in [-0.39, 0.29) is 60.6 Å². The maximum Gasteiger partial charge on any atom is 1.00 e. The van der Waals surface area contributed by atoms with Gasteiger partial charge in [-0.1, -0.05) is 18.2 Å². The molecule has 0 saturated carbocycles. The summed E-state index contributed by atoms with van der Waals surface area (Å²) in [6.07, 6.45) is -0.192. The normalized spacial score (nSPS) is 16.7. The van der Waals surface area contributed by atoms with Gasteiger partial charge >= 0.3 is 41.5 Å². The Labute approximate surface area is 156 Å². The molecule has 2 atom stereocenters. The maximum absolute atomic E-state index is 11.7. The first-order valence-corrected chi connectivity index (χ1v) is 7.16. The molecule has 1 heterocycles. The van der Waals surface area contributed by atoms with Gasteiger partial charge in [-0.25, -0.2) is 4.79 Å². The van der Waals surface area contributed by atoms with Crippen molar-refractivity contribution in [3.05, 3.63) is 35.4 Å². The Hall–Kier alpha value is -1.37. The maximum atomic E-state index is 11.7. The molecule has 0 bridgehead atoms. The monoisotopic (exact) mass is 328 g/mol. The van der Waals surface area contributed by atoms with Crippen molar-refractivity contribution < 1.29 is 58.5 Å². The minimum atomic E-state index is -1.28. The number of ether oxygens (including phenoxy) is 2. The molecule has 23 heavy (non-hydrogen) atoms. The van der Waals surface area contributed by atoms with Crippen molar-refractivity contribution in [3.8, 4) is 0 Å². The summed E-state index contributed by atoms with van der Waals surface area (Å²) >= 11 is 0. The average Bonchev–Trinajstić information content (AvgIpc) is 2.80. The Morgan fingerprint density at radius 1 is 1.30 bits per heavy atom. The molecule has 1 unspecified atom stereocenters. The van der Waals surface area contributed by atoms with Crippen LogP contribution in [0.25, 0.3) is 0 Å². The van der Waals surface area contributed by atoms with E-state index in [0.717, 1.165) is 5.56 Å². The van der Waals surface area contributed by atoms with E-state index in [4.69, 9.17) is 9.47 Å². The summed E-state index contributed by atoms with van der Waals surface area (Å²) < 4.78 is 10.4. The van der Waals surface area contributed by atoms with Gasteiger partial charge in [0.25, 0.3) is 0 Å². The predicted octanol–water partition coefficient (Wildman–Crippen LogP) is -1.86. The number of benzene rings is 1. The number of esters is 2. The molecule has 0 radical (unpaired) electrons. The van der Waals surface area contributed by atoms with Gasteiger partial charge < -0.3 is 19.4 Å². The molecule has 1 aromatic carbocycles. The van der Waals surface area contributed by atoms with E-state index in [2.05, 4.69) is 0 Å². The summed E-state index contributed by atoms with van der Waals surface area (Å²) in [5.74, 6) is -2.18. The first-order chi connectivity index (χ1) is 10.5. The fourth-order valence-electron chi connectivity index (χ4n) is 2.37. The van der Waals surface area contributed by atoms with E-state index in [9.17, 15) is 19.5 Å². The van der Waals surface area contributed by atoms with Gasteiger partial charge in [0.05, 0.1) is 18.1 Å². The summed E-state index contributed by atoms with van der Waals surface area (Å²) in [6.45, 7) is 1.72. The molecule has 118 valence electrons. The molecule has 7 heteroatoms. The standard InChI is InChI=1S/C16H18O6.Na/c1-10(21-15(19)9-8-14(17)18)6-7-13-11-4-2-3-5-12(11)16(20)22-13;/h2-5,10,13H,6-9H2,1H3,(H,17,18);/q;+1/p-1/t10?,13-;/m0./s1.